The minimum atomic E-state index is 0.689. The van der Waals surface area contributed by atoms with E-state index in [0.717, 1.165) is 32.5 Å². The van der Waals surface area contributed by atoms with Crippen LogP contribution in [0.25, 0.3) is 17.1 Å². The second-order valence-corrected chi connectivity index (χ2v) is 5.77. The number of nitrogens with zero attached hydrogens (tertiary/aromatic N) is 4. The van der Waals surface area contributed by atoms with E-state index >= 15 is 0 Å². The van der Waals surface area contributed by atoms with E-state index in [1.54, 1.807) is 4.68 Å². The summed E-state index contributed by atoms with van der Waals surface area (Å²) in [6.07, 6.45) is 0. The van der Waals surface area contributed by atoms with Crippen LogP contribution in [-0.2, 0) is 0 Å². The van der Waals surface area contributed by atoms with E-state index in [1.165, 1.54) is 0 Å². The van der Waals surface area contributed by atoms with Gasteiger partial charge in [-0.1, -0.05) is 22.0 Å². The van der Waals surface area contributed by atoms with Gasteiger partial charge in [0, 0.05) is 15.7 Å². The van der Waals surface area contributed by atoms with Gasteiger partial charge in [-0.2, -0.15) is 4.68 Å². The molecule has 1 heterocycles. The van der Waals surface area contributed by atoms with Gasteiger partial charge in [0.05, 0.1) is 5.69 Å². The standard InChI is InChI=1S/C15H14BrN5/c1-9-3-5-12(8-13(9)16)21-15(18-19-20-21)11-4-6-14(17)10(2)7-11/h3-8H,17H2,1-2H3. The van der Waals surface area contributed by atoms with Gasteiger partial charge in [0.25, 0.3) is 0 Å². The molecule has 0 aliphatic carbocycles. The van der Waals surface area contributed by atoms with Gasteiger partial charge in [0.2, 0.25) is 0 Å². The monoisotopic (exact) mass is 343 g/mol. The predicted octanol–water partition coefficient (Wildman–Crippen LogP) is 3.29. The molecule has 6 heteroatoms. The molecule has 21 heavy (non-hydrogen) atoms. The van der Waals surface area contributed by atoms with Gasteiger partial charge >= 0.3 is 0 Å². The largest absolute Gasteiger partial charge is 0.399 e. The lowest BCUT2D eigenvalue weighted by molar-refractivity contribution is 0.790. The number of hydrogen-bond donors (Lipinski definition) is 1. The Morgan fingerprint density at radius 3 is 2.57 bits per heavy atom. The average molecular weight is 344 g/mol. The van der Waals surface area contributed by atoms with E-state index in [2.05, 4.69) is 31.5 Å². The lowest BCUT2D eigenvalue weighted by Gasteiger charge is -2.08. The molecule has 0 aliphatic heterocycles. The van der Waals surface area contributed by atoms with Crippen molar-refractivity contribution in [3.63, 3.8) is 0 Å². The highest BCUT2D eigenvalue weighted by Crippen LogP contribution is 2.25. The summed E-state index contributed by atoms with van der Waals surface area (Å²) in [5, 5.41) is 12.0. The van der Waals surface area contributed by atoms with Crippen LogP contribution in [0.4, 0.5) is 5.69 Å². The van der Waals surface area contributed by atoms with Crippen molar-refractivity contribution in [2.24, 2.45) is 0 Å². The van der Waals surface area contributed by atoms with Gasteiger partial charge in [-0.25, -0.2) is 0 Å². The lowest BCUT2D eigenvalue weighted by Crippen LogP contribution is -2.01. The highest BCUT2D eigenvalue weighted by atomic mass is 79.9. The van der Waals surface area contributed by atoms with Crippen molar-refractivity contribution < 1.29 is 0 Å². The van der Waals surface area contributed by atoms with Crippen molar-refractivity contribution in [3.05, 3.63) is 52.0 Å². The topological polar surface area (TPSA) is 69.6 Å². The van der Waals surface area contributed by atoms with Crippen LogP contribution in [0.5, 0.6) is 0 Å². The fourth-order valence-corrected chi connectivity index (χ4v) is 2.44. The Morgan fingerprint density at radius 1 is 1.05 bits per heavy atom. The smallest absolute Gasteiger partial charge is 0.187 e. The molecule has 0 bridgehead atoms. The zero-order chi connectivity index (χ0) is 15.0. The van der Waals surface area contributed by atoms with Crippen LogP contribution in [0.2, 0.25) is 0 Å². The van der Waals surface area contributed by atoms with Gasteiger partial charge < -0.3 is 5.73 Å². The molecule has 1 aromatic heterocycles. The summed E-state index contributed by atoms with van der Waals surface area (Å²) in [5.74, 6) is 0.689. The fraction of sp³-hybridized carbons (Fsp3) is 0.133. The van der Waals surface area contributed by atoms with Gasteiger partial charge in [0.1, 0.15) is 0 Å². The molecule has 0 radical (unpaired) electrons. The van der Waals surface area contributed by atoms with Crippen molar-refractivity contribution in [2.75, 3.05) is 5.73 Å². The zero-order valence-corrected chi connectivity index (χ0v) is 13.3. The molecule has 0 atom stereocenters. The molecule has 0 amide bonds. The molecule has 2 aromatic carbocycles. The molecule has 0 saturated heterocycles. The average Bonchev–Trinajstić information content (AvgIpc) is 2.94. The number of tetrazole rings is 1. The summed E-state index contributed by atoms with van der Waals surface area (Å²) >= 11 is 3.54. The van der Waals surface area contributed by atoms with Crippen LogP contribution >= 0.6 is 15.9 Å². The minimum absolute atomic E-state index is 0.689. The van der Waals surface area contributed by atoms with Crippen molar-refractivity contribution in [3.8, 4) is 17.1 Å². The Bertz CT molecular complexity index is 744. The minimum Gasteiger partial charge on any atom is -0.399 e. The first-order valence-electron chi connectivity index (χ1n) is 6.47. The molecule has 2 N–H and O–H groups in total. The van der Waals surface area contributed by atoms with E-state index < -0.39 is 0 Å². The predicted molar refractivity (Wildman–Crippen MR) is 86.2 cm³/mol. The number of rotatable bonds is 2. The molecule has 0 fully saturated rings. The molecule has 106 valence electrons. The van der Waals surface area contributed by atoms with Gasteiger partial charge in [-0.05, 0) is 65.7 Å². The molecule has 3 aromatic rings. The molecule has 0 saturated carbocycles. The van der Waals surface area contributed by atoms with Crippen LogP contribution < -0.4 is 5.73 Å². The maximum atomic E-state index is 5.86. The third-order valence-corrected chi connectivity index (χ3v) is 4.25. The summed E-state index contributed by atoms with van der Waals surface area (Å²) in [6.45, 7) is 4.01. The van der Waals surface area contributed by atoms with Crippen molar-refractivity contribution in [1.29, 1.82) is 0 Å². The first-order valence-corrected chi connectivity index (χ1v) is 7.27. The Labute approximate surface area is 130 Å². The third-order valence-electron chi connectivity index (χ3n) is 3.40. The number of halogens is 1. The van der Waals surface area contributed by atoms with Crippen LogP contribution in [0.1, 0.15) is 11.1 Å². The Balaban J connectivity index is 2.12. The number of anilines is 1. The Kier molecular flexibility index (Phi) is 3.47. The molecule has 0 spiro atoms. The number of nitrogens with two attached hydrogens (primary N) is 1. The van der Waals surface area contributed by atoms with Gasteiger partial charge in [0.15, 0.2) is 5.82 Å². The van der Waals surface area contributed by atoms with Gasteiger partial charge in [-0.3, -0.25) is 0 Å². The van der Waals surface area contributed by atoms with Crippen LogP contribution in [0.15, 0.2) is 40.9 Å². The normalized spacial score (nSPS) is 10.8. The number of aryl methyl sites for hydroxylation is 2. The van der Waals surface area contributed by atoms with Crippen molar-refractivity contribution >= 4 is 21.6 Å². The van der Waals surface area contributed by atoms with Crippen LogP contribution in [0, 0.1) is 13.8 Å². The number of hydrogen-bond acceptors (Lipinski definition) is 4. The number of benzene rings is 2. The second kappa shape index (κ2) is 5.29. The highest BCUT2D eigenvalue weighted by Gasteiger charge is 2.12. The SMILES string of the molecule is Cc1cc(-c2nnnn2-c2ccc(C)c(Br)c2)ccc1N. The number of nitrogen functional groups attached to an aromatic ring is 1. The summed E-state index contributed by atoms with van der Waals surface area (Å²) in [4.78, 5) is 0. The molecular formula is C15H14BrN5. The van der Waals surface area contributed by atoms with Gasteiger partial charge in [-0.15, -0.1) is 5.10 Å². The molecular weight excluding hydrogens is 330 g/mol. The van der Waals surface area contributed by atoms with Crippen molar-refractivity contribution in [2.45, 2.75) is 13.8 Å². The number of aromatic nitrogens is 4. The van der Waals surface area contributed by atoms with E-state index in [-0.39, 0.29) is 0 Å². The highest BCUT2D eigenvalue weighted by molar-refractivity contribution is 9.10. The van der Waals surface area contributed by atoms with Crippen LogP contribution in [0.3, 0.4) is 0 Å². The van der Waals surface area contributed by atoms with E-state index in [1.807, 2.05) is 50.2 Å². The third kappa shape index (κ3) is 2.54. The molecule has 0 aliphatic rings. The summed E-state index contributed by atoms with van der Waals surface area (Å²) in [6, 6.07) is 11.8. The zero-order valence-electron chi connectivity index (χ0n) is 11.7. The van der Waals surface area contributed by atoms with Crippen LogP contribution in [-0.4, -0.2) is 20.2 Å². The summed E-state index contributed by atoms with van der Waals surface area (Å²) in [5.41, 5.74) is 10.6. The van der Waals surface area contributed by atoms with E-state index in [9.17, 15) is 0 Å². The first-order chi connectivity index (χ1) is 10.1. The maximum absolute atomic E-state index is 5.86. The summed E-state index contributed by atoms with van der Waals surface area (Å²) < 4.78 is 2.74. The first kappa shape index (κ1) is 13.8. The Hall–Kier alpha value is -2.21. The quantitative estimate of drug-likeness (QED) is 0.725. The van der Waals surface area contributed by atoms with E-state index in [0.29, 0.717) is 5.82 Å². The summed E-state index contributed by atoms with van der Waals surface area (Å²) in [7, 11) is 0. The molecule has 3 rings (SSSR count). The lowest BCUT2D eigenvalue weighted by atomic mass is 10.1. The molecule has 5 nitrogen and oxygen atoms in total. The van der Waals surface area contributed by atoms with E-state index in [4.69, 9.17) is 5.73 Å². The van der Waals surface area contributed by atoms with Crippen molar-refractivity contribution in [1.82, 2.24) is 20.2 Å². The second-order valence-electron chi connectivity index (χ2n) is 4.92. The Morgan fingerprint density at radius 2 is 1.86 bits per heavy atom. The molecule has 0 unspecified atom stereocenters. The maximum Gasteiger partial charge on any atom is 0.187 e. The fourth-order valence-electron chi connectivity index (χ4n) is 2.07.